The lowest BCUT2D eigenvalue weighted by Crippen LogP contribution is -2.25. The third kappa shape index (κ3) is 4.93. The minimum absolute atomic E-state index is 0.106. The van der Waals surface area contributed by atoms with E-state index in [4.69, 9.17) is 22.1 Å². The Kier molecular flexibility index (Phi) is 6.05. The molecular weight excluding hydrogens is 466 g/mol. The number of carbonyl (C=O) groups excluding carboxylic acids is 1. The number of ether oxygens (including phenoxy) is 1. The third-order valence-corrected chi connectivity index (χ3v) is 6.11. The molecule has 4 aromatic rings. The fourth-order valence-corrected chi connectivity index (χ4v) is 3.77. The van der Waals surface area contributed by atoms with Gasteiger partial charge in [0.05, 0.1) is 30.5 Å². The van der Waals surface area contributed by atoms with Crippen molar-refractivity contribution in [3.8, 4) is 22.6 Å². The average molecular weight is 488 g/mol. The third-order valence-electron chi connectivity index (χ3n) is 5.71. The Morgan fingerprint density at radius 2 is 1.86 bits per heavy atom. The number of nitrogens with zero attached hydrogens (tertiary/aromatic N) is 4. The Morgan fingerprint density at radius 3 is 2.54 bits per heavy atom. The summed E-state index contributed by atoms with van der Waals surface area (Å²) in [6.45, 7) is 1.98. The highest BCUT2D eigenvalue weighted by Crippen LogP contribution is 2.35. The molecule has 0 atom stereocenters. The monoisotopic (exact) mass is 487 g/mol. The average Bonchev–Trinajstić information content (AvgIpc) is 3.70. The van der Waals surface area contributed by atoms with Crippen LogP contribution in [-0.2, 0) is 6.42 Å². The lowest BCUT2D eigenvalue weighted by Gasteiger charge is -2.10. The second-order valence-electron chi connectivity index (χ2n) is 8.49. The molecule has 1 aliphatic rings. The zero-order valence-corrected chi connectivity index (χ0v) is 19.7. The highest BCUT2D eigenvalue weighted by atomic mass is 35.5. The maximum absolute atomic E-state index is 13.2. The molecule has 0 aliphatic heterocycles. The number of benzene rings is 2. The van der Waals surface area contributed by atoms with Crippen molar-refractivity contribution >= 4 is 23.1 Å². The van der Waals surface area contributed by atoms with Gasteiger partial charge in [-0.05, 0) is 37.5 Å². The van der Waals surface area contributed by atoms with Gasteiger partial charge in [-0.1, -0.05) is 47.5 Å². The first-order valence-corrected chi connectivity index (χ1v) is 11.5. The minimum Gasteiger partial charge on any atom is -0.452 e. The topological polar surface area (TPSA) is 113 Å². The number of nitrogen functional groups attached to an aromatic ring is 1. The Hall–Kier alpha value is -4.04. The summed E-state index contributed by atoms with van der Waals surface area (Å²) < 4.78 is 7.42. The van der Waals surface area contributed by atoms with Gasteiger partial charge in [0.25, 0.3) is 0 Å². The molecule has 0 amide bonds. The molecular formula is C26H22ClN5O3. The summed E-state index contributed by atoms with van der Waals surface area (Å²) in [5.74, 6) is 0.521. The fourth-order valence-electron chi connectivity index (χ4n) is 3.60. The number of ketones is 1. The van der Waals surface area contributed by atoms with Crippen molar-refractivity contribution in [1.29, 1.82) is 0 Å². The second-order valence-corrected chi connectivity index (χ2v) is 8.87. The fraction of sp³-hybridized carbons (Fsp3) is 0.192. The zero-order valence-electron chi connectivity index (χ0n) is 18.9. The van der Waals surface area contributed by atoms with E-state index in [2.05, 4.69) is 15.1 Å². The van der Waals surface area contributed by atoms with Gasteiger partial charge < -0.3 is 10.5 Å². The quantitative estimate of drug-likeness (QED) is 0.294. The molecule has 9 heteroatoms. The number of hydrogen-bond donors (Lipinski definition) is 1. The normalized spacial score (nSPS) is 13.0. The van der Waals surface area contributed by atoms with Gasteiger partial charge >= 0.3 is 0 Å². The van der Waals surface area contributed by atoms with Gasteiger partial charge in [-0.2, -0.15) is 5.10 Å². The van der Waals surface area contributed by atoms with Crippen LogP contribution in [0.3, 0.4) is 0 Å². The molecule has 2 heterocycles. The number of aromatic nitrogens is 4. The van der Waals surface area contributed by atoms with Crippen LogP contribution in [0.25, 0.3) is 11.1 Å². The highest BCUT2D eigenvalue weighted by molar-refractivity contribution is 6.34. The molecule has 1 saturated carbocycles. The van der Waals surface area contributed by atoms with Crippen LogP contribution >= 0.6 is 11.6 Å². The van der Waals surface area contributed by atoms with Crippen molar-refractivity contribution in [2.45, 2.75) is 32.2 Å². The van der Waals surface area contributed by atoms with E-state index in [-0.39, 0.29) is 24.0 Å². The smallest absolute Gasteiger partial charge is 0.219 e. The first kappa shape index (κ1) is 22.7. The first-order chi connectivity index (χ1) is 16.9. The maximum Gasteiger partial charge on any atom is 0.219 e. The number of nitrogens with two attached hydrogens (primary N) is 1. The Morgan fingerprint density at radius 1 is 1.14 bits per heavy atom. The van der Waals surface area contributed by atoms with Gasteiger partial charge in [0.15, 0.2) is 17.2 Å². The van der Waals surface area contributed by atoms with E-state index >= 15 is 0 Å². The number of aryl methyl sites for hydroxylation is 1. The van der Waals surface area contributed by atoms with Crippen LogP contribution in [0.15, 0.2) is 65.8 Å². The van der Waals surface area contributed by atoms with Crippen LogP contribution in [0.2, 0.25) is 5.02 Å². The summed E-state index contributed by atoms with van der Waals surface area (Å²) in [5.41, 5.74) is 7.98. The van der Waals surface area contributed by atoms with Crippen LogP contribution in [0.1, 0.15) is 40.8 Å². The van der Waals surface area contributed by atoms with Gasteiger partial charge in [0, 0.05) is 11.8 Å². The molecule has 5 rings (SSSR count). The molecule has 35 heavy (non-hydrogen) atoms. The largest absolute Gasteiger partial charge is 0.452 e. The SMILES string of the molecule is Cc1ccc(-c2cn(C3CC3)nc(C(=O)Cc3ncc(Oc4cccc(N)c4Cl)cn3)c2=O)cc1. The van der Waals surface area contributed by atoms with Gasteiger partial charge in [0.1, 0.15) is 16.6 Å². The summed E-state index contributed by atoms with van der Waals surface area (Å²) in [6.07, 6.45) is 6.40. The summed E-state index contributed by atoms with van der Waals surface area (Å²) in [7, 11) is 0. The minimum atomic E-state index is -0.439. The highest BCUT2D eigenvalue weighted by Gasteiger charge is 2.27. The number of halogens is 1. The molecule has 2 aromatic heterocycles. The van der Waals surface area contributed by atoms with E-state index in [1.807, 2.05) is 31.2 Å². The van der Waals surface area contributed by atoms with Crippen molar-refractivity contribution in [1.82, 2.24) is 19.7 Å². The van der Waals surface area contributed by atoms with Gasteiger partial charge in [0.2, 0.25) is 5.43 Å². The van der Waals surface area contributed by atoms with Gasteiger partial charge in [-0.15, -0.1) is 0 Å². The molecule has 0 spiro atoms. The van der Waals surface area contributed by atoms with Gasteiger partial charge in [-0.25, -0.2) is 9.97 Å². The molecule has 2 N–H and O–H groups in total. The van der Waals surface area contributed by atoms with Crippen molar-refractivity contribution < 1.29 is 9.53 Å². The molecule has 0 bridgehead atoms. The Labute approximate surface area is 206 Å². The first-order valence-electron chi connectivity index (χ1n) is 11.2. The van der Waals surface area contributed by atoms with Crippen LogP contribution in [0, 0.1) is 6.92 Å². The number of Topliss-reactive ketones (excluding diaryl/α,β-unsaturated/α-hetero) is 1. The lowest BCUT2D eigenvalue weighted by atomic mass is 10.0. The lowest BCUT2D eigenvalue weighted by molar-refractivity contribution is 0.0982. The van der Waals surface area contributed by atoms with Crippen LogP contribution in [0.4, 0.5) is 5.69 Å². The van der Waals surface area contributed by atoms with Crippen LogP contribution in [-0.4, -0.2) is 25.5 Å². The molecule has 0 unspecified atom stereocenters. The second kappa shape index (κ2) is 9.31. The summed E-state index contributed by atoms with van der Waals surface area (Å²) in [4.78, 5) is 34.8. The molecule has 2 aromatic carbocycles. The van der Waals surface area contributed by atoms with E-state index in [1.165, 1.54) is 12.4 Å². The van der Waals surface area contributed by atoms with E-state index in [9.17, 15) is 9.59 Å². The Balaban J connectivity index is 1.39. The van der Waals surface area contributed by atoms with E-state index in [0.29, 0.717) is 27.8 Å². The zero-order chi connectivity index (χ0) is 24.5. The molecule has 0 saturated heterocycles. The van der Waals surface area contributed by atoms with Crippen molar-refractivity contribution in [2.75, 3.05) is 5.73 Å². The predicted molar refractivity (Wildman–Crippen MR) is 133 cm³/mol. The van der Waals surface area contributed by atoms with Crippen molar-refractivity contribution in [3.05, 3.63) is 93.4 Å². The molecule has 176 valence electrons. The van der Waals surface area contributed by atoms with E-state index in [0.717, 1.165) is 24.0 Å². The van der Waals surface area contributed by atoms with Crippen molar-refractivity contribution in [3.63, 3.8) is 0 Å². The molecule has 1 aliphatic carbocycles. The number of carbonyl (C=O) groups is 1. The predicted octanol–water partition coefficient (Wildman–Crippen LogP) is 4.80. The summed E-state index contributed by atoms with van der Waals surface area (Å²) >= 11 is 6.16. The Bertz CT molecular complexity index is 1460. The van der Waals surface area contributed by atoms with E-state index in [1.54, 1.807) is 29.1 Å². The van der Waals surface area contributed by atoms with Gasteiger partial charge in [-0.3, -0.25) is 14.3 Å². The molecule has 0 radical (unpaired) electrons. The molecule has 8 nitrogen and oxygen atoms in total. The van der Waals surface area contributed by atoms with E-state index < -0.39 is 11.2 Å². The number of rotatable bonds is 7. The molecule has 1 fully saturated rings. The van der Waals surface area contributed by atoms with Crippen molar-refractivity contribution in [2.24, 2.45) is 0 Å². The summed E-state index contributed by atoms with van der Waals surface area (Å²) in [6, 6.07) is 12.9. The number of anilines is 1. The summed E-state index contributed by atoms with van der Waals surface area (Å²) in [5, 5.41) is 4.66. The number of hydrogen-bond acceptors (Lipinski definition) is 7. The standard InChI is InChI=1S/C26H22ClN5O3/c1-15-5-7-16(8-6-15)19-14-32(17-9-10-17)31-25(26(19)34)21(33)11-23-29-12-18(13-30-23)35-22-4-2-3-20(28)24(22)27/h2-8,12-14,17H,9-11,28H2,1H3. The van der Waals surface area contributed by atoms with Crippen LogP contribution < -0.4 is 15.9 Å². The maximum atomic E-state index is 13.2. The van der Waals surface area contributed by atoms with Crippen LogP contribution in [0.5, 0.6) is 11.5 Å².